The van der Waals surface area contributed by atoms with Crippen molar-refractivity contribution in [1.29, 1.82) is 0 Å². The number of aryl methyl sites for hydroxylation is 2. The Morgan fingerprint density at radius 2 is 2.09 bits per heavy atom. The van der Waals surface area contributed by atoms with Crippen LogP contribution in [-0.4, -0.2) is 66.7 Å². The minimum atomic E-state index is -0.785. The standard InChI is InChI=1S/C22H32N6O5/c1-13(2)11-27(4)22(31)32-12-18-19(25-26-28(18)5)17-10-23-20(14(3)24-17)33-16-8-6-7-15(9-16)21(29)30/h10,13,15-16H,6-9,11-12H2,1-5H3,(H,29,30)/t15-,16-/m0/s1. The van der Waals surface area contributed by atoms with E-state index in [1.807, 2.05) is 13.8 Å². The van der Waals surface area contributed by atoms with Crippen LogP contribution in [0.2, 0.25) is 0 Å². The van der Waals surface area contributed by atoms with Crippen LogP contribution >= 0.6 is 0 Å². The zero-order chi connectivity index (χ0) is 24.1. The second-order valence-electron chi connectivity index (χ2n) is 8.92. The highest BCUT2D eigenvalue weighted by molar-refractivity contribution is 5.70. The molecule has 1 aliphatic rings. The maximum absolute atomic E-state index is 12.3. The first-order valence-electron chi connectivity index (χ1n) is 11.2. The number of nitrogens with zero attached hydrogens (tertiary/aromatic N) is 6. The summed E-state index contributed by atoms with van der Waals surface area (Å²) in [5.41, 5.74) is 2.12. The van der Waals surface area contributed by atoms with Crippen molar-refractivity contribution < 1.29 is 24.2 Å². The van der Waals surface area contributed by atoms with Crippen molar-refractivity contribution in [2.45, 2.75) is 59.2 Å². The first-order chi connectivity index (χ1) is 15.7. The highest BCUT2D eigenvalue weighted by atomic mass is 16.6. The summed E-state index contributed by atoms with van der Waals surface area (Å²) >= 11 is 0. The van der Waals surface area contributed by atoms with E-state index in [0.717, 1.165) is 12.8 Å². The number of amides is 1. The first-order valence-corrected chi connectivity index (χ1v) is 11.2. The number of rotatable bonds is 8. The van der Waals surface area contributed by atoms with Crippen molar-refractivity contribution in [2.24, 2.45) is 18.9 Å². The molecule has 11 nitrogen and oxygen atoms in total. The molecule has 2 atom stereocenters. The van der Waals surface area contributed by atoms with Crippen LogP contribution in [0.1, 0.15) is 50.9 Å². The van der Waals surface area contributed by atoms with Crippen LogP contribution in [0.4, 0.5) is 4.79 Å². The average molecular weight is 461 g/mol. The molecule has 11 heteroatoms. The molecule has 1 aliphatic carbocycles. The van der Waals surface area contributed by atoms with Gasteiger partial charge in [-0.05, 0) is 38.5 Å². The molecule has 2 aromatic heterocycles. The summed E-state index contributed by atoms with van der Waals surface area (Å²) < 4.78 is 13.0. The monoisotopic (exact) mass is 460 g/mol. The second kappa shape index (κ2) is 10.6. The molecular formula is C22H32N6O5. The number of carbonyl (C=O) groups excluding carboxylic acids is 1. The summed E-state index contributed by atoms with van der Waals surface area (Å²) in [6, 6.07) is 0. The molecule has 1 amide bonds. The Balaban J connectivity index is 1.70. The van der Waals surface area contributed by atoms with Crippen molar-refractivity contribution in [2.75, 3.05) is 13.6 Å². The maximum Gasteiger partial charge on any atom is 0.409 e. The molecule has 1 saturated carbocycles. The SMILES string of the molecule is Cc1nc(-c2nnn(C)c2COC(=O)N(C)CC(C)C)cnc1O[C@H]1CCC[C@H](C(=O)O)C1. The van der Waals surface area contributed by atoms with Gasteiger partial charge >= 0.3 is 12.1 Å². The van der Waals surface area contributed by atoms with Gasteiger partial charge in [0.25, 0.3) is 0 Å². The van der Waals surface area contributed by atoms with Gasteiger partial charge in [0.05, 0.1) is 12.1 Å². The van der Waals surface area contributed by atoms with E-state index in [0.29, 0.717) is 54.0 Å². The van der Waals surface area contributed by atoms with Gasteiger partial charge in [0.1, 0.15) is 35.5 Å². The van der Waals surface area contributed by atoms with Crippen molar-refractivity contribution in [3.8, 4) is 17.3 Å². The Kier molecular flexibility index (Phi) is 7.83. The summed E-state index contributed by atoms with van der Waals surface area (Å²) in [6.07, 6.45) is 3.65. The van der Waals surface area contributed by atoms with E-state index < -0.39 is 12.1 Å². The minimum absolute atomic E-state index is 0.00225. The van der Waals surface area contributed by atoms with Gasteiger partial charge < -0.3 is 19.5 Å². The third-order valence-corrected chi connectivity index (χ3v) is 5.62. The lowest BCUT2D eigenvalue weighted by atomic mass is 9.87. The molecule has 0 unspecified atom stereocenters. The van der Waals surface area contributed by atoms with E-state index in [9.17, 15) is 14.7 Å². The Morgan fingerprint density at radius 3 is 2.76 bits per heavy atom. The fraction of sp³-hybridized carbons (Fsp3) is 0.636. The quantitative estimate of drug-likeness (QED) is 0.631. The molecule has 2 aromatic rings. The highest BCUT2D eigenvalue weighted by Gasteiger charge is 2.29. The van der Waals surface area contributed by atoms with Gasteiger partial charge in [0.2, 0.25) is 5.88 Å². The van der Waals surface area contributed by atoms with E-state index in [4.69, 9.17) is 9.47 Å². The average Bonchev–Trinajstić information content (AvgIpc) is 3.13. The van der Waals surface area contributed by atoms with Gasteiger partial charge in [-0.25, -0.2) is 19.4 Å². The van der Waals surface area contributed by atoms with Crippen molar-refractivity contribution in [3.63, 3.8) is 0 Å². The zero-order valence-corrected chi connectivity index (χ0v) is 19.8. The lowest BCUT2D eigenvalue weighted by Crippen LogP contribution is -2.31. The Hall–Kier alpha value is -3.24. The summed E-state index contributed by atoms with van der Waals surface area (Å²) in [5.74, 6) is -0.463. The number of ether oxygens (including phenoxy) is 2. The lowest BCUT2D eigenvalue weighted by molar-refractivity contribution is -0.143. The number of hydrogen-bond acceptors (Lipinski definition) is 8. The molecule has 0 aliphatic heterocycles. The fourth-order valence-electron chi connectivity index (χ4n) is 3.93. The van der Waals surface area contributed by atoms with Gasteiger partial charge in [-0.3, -0.25) is 4.79 Å². The molecule has 1 fully saturated rings. The lowest BCUT2D eigenvalue weighted by Gasteiger charge is -2.27. The molecule has 1 N–H and O–H groups in total. The number of hydrogen-bond donors (Lipinski definition) is 1. The number of aliphatic carboxylic acids is 1. The van der Waals surface area contributed by atoms with Gasteiger partial charge in [-0.1, -0.05) is 19.1 Å². The predicted octanol–water partition coefficient (Wildman–Crippen LogP) is 2.83. The minimum Gasteiger partial charge on any atom is -0.481 e. The predicted molar refractivity (Wildman–Crippen MR) is 118 cm³/mol. The number of carboxylic acid groups (broad SMARTS) is 1. The van der Waals surface area contributed by atoms with Gasteiger partial charge in [-0.15, -0.1) is 5.10 Å². The Bertz CT molecular complexity index is 992. The van der Waals surface area contributed by atoms with Crippen LogP contribution in [0.25, 0.3) is 11.4 Å². The van der Waals surface area contributed by atoms with Crippen LogP contribution in [0.15, 0.2) is 6.20 Å². The molecule has 0 spiro atoms. The molecule has 0 radical (unpaired) electrons. The Labute approximate surface area is 193 Å². The number of carbonyl (C=O) groups is 2. The van der Waals surface area contributed by atoms with Gasteiger partial charge in [-0.2, -0.15) is 0 Å². The molecule has 3 rings (SSSR count). The molecular weight excluding hydrogens is 428 g/mol. The van der Waals surface area contributed by atoms with Crippen molar-refractivity contribution in [3.05, 3.63) is 17.6 Å². The normalized spacial score (nSPS) is 18.2. The molecule has 0 bridgehead atoms. The van der Waals surface area contributed by atoms with E-state index in [-0.39, 0.29) is 18.6 Å². The van der Waals surface area contributed by atoms with Gasteiger partial charge in [0.15, 0.2) is 0 Å². The van der Waals surface area contributed by atoms with Crippen LogP contribution in [0.3, 0.4) is 0 Å². The maximum atomic E-state index is 12.3. The molecule has 33 heavy (non-hydrogen) atoms. The van der Waals surface area contributed by atoms with Crippen LogP contribution < -0.4 is 4.74 Å². The zero-order valence-electron chi connectivity index (χ0n) is 19.8. The molecule has 180 valence electrons. The third-order valence-electron chi connectivity index (χ3n) is 5.62. The largest absolute Gasteiger partial charge is 0.481 e. The summed E-state index contributed by atoms with van der Waals surface area (Å²) in [7, 11) is 3.42. The topological polar surface area (TPSA) is 133 Å². The summed E-state index contributed by atoms with van der Waals surface area (Å²) in [6.45, 7) is 6.42. The van der Waals surface area contributed by atoms with E-state index >= 15 is 0 Å². The summed E-state index contributed by atoms with van der Waals surface area (Å²) in [4.78, 5) is 34.1. The third kappa shape index (κ3) is 6.17. The molecule has 2 heterocycles. The van der Waals surface area contributed by atoms with E-state index in [2.05, 4.69) is 20.3 Å². The van der Waals surface area contributed by atoms with Crippen LogP contribution in [0.5, 0.6) is 5.88 Å². The van der Waals surface area contributed by atoms with Crippen LogP contribution in [0, 0.1) is 18.8 Å². The molecule has 0 aromatic carbocycles. The highest BCUT2D eigenvalue weighted by Crippen LogP contribution is 2.29. The number of carboxylic acids is 1. The first kappa shape index (κ1) is 24.4. The Morgan fingerprint density at radius 1 is 1.33 bits per heavy atom. The van der Waals surface area contributed by atoms with Crippen molar-refractivity contribution in [1.82, 2.24) is 29.9 Å². The summed E-state index contributed by atoms with van der Waals surface area (Å²) in [5, 5.41) is 17.5. The van der Waals surface area contributed by atoms with Crippen molar-refractivity contribution >= 4 is 12.1 Å². The van der Waals surface area contributed by atoms with E-state index in [1.165, 1.54) is 4.90 Å². The smallest absolute Gasteiger partial charge is 0.409 e. The molecule has 0 saturated heterocycles. The van der Waals surface area contributed by atoms with Crippen LogP contribution in [-0.2, 0) is 23.2 Å². The van der Waals surface area contributed by atoms with E-state index in [1.54, 1.807) is 31.9 Å². The van der Waals surface area contributed by atoms with Gasteiger partial charge in [0, 0.05) is 20.6 Å². The fourth-order valence-corrected chi connectivity index (χ4v) is 3.93. The second-order valence-corrected chi connectivity index (χ2v) is 8.92. The number of aromatic nitrogens is 5.